The van der Waals surface area contributed by atoms with E-state index in [0.29, 0.717) is 17.0 Å². The van der Waals surface area contributed by atoms with Gasteiger partial charge in [0.1, 0.15) is 5.75 Å². The SMILES string of the molecule is CCNc1ncc(Br)c(Oc2cccc(C(F)(F)F)c2)n1. The third kappa shape index (κ3) is 4.07. The van der Waals surface area contributed by atoms with E-state index in [1.165, 1.54) is 18.3 Å². The first-order valence-electron chi connectivity index (χ1n) is 6.01. The molecule has 1 aromatic carbocycles. The molecule has 0 aliphatic carbocycles. The van der Waals surface area contributed by atoms with Crippen LogP contribution in [0.2, 0.25) is 0 Å². The molecule has 0 aliphatic rings. The van der Waals surface area contributed by atoms with Crippen molar-refractivity contribution in [2.24, 2.45) is 0 Å². The summed E-state index contributed by atoms with van der Waals surface area (Å²) in [7, 11) is 0. The Morgan fingerprint density at radius 1 is 1.33 bits per heavy atom. The lowest BCUT2D eigenvalue weighted by molar-refractivity contribution is -0.137. The molecule has 2 aromatic rings. The highest BCUT2D eigenvalue weighted by Gasteiger charge is 2.30. The van der Waals surface area contributed by atoms with E-state index in [4.69, 9.17) is 4.74 Å². The summed E-state index contributed by atoms with van der Waals surface area (Å²) in [5.74, 6) is 0.523. The van der Waals surface area contributed by atoms with Crippen LogP contribution >= 0.6 is 15.9 Å². The number of benzene rings is 1. The molecular formula is C13H11BrF3N3O. The van der Waals surface area contributed by atoms with Crippen molar-refractivity contribution in [3.05, 3.63) is 40.5 Å². The van der Waals surface area contributed by atoms with E-state index in [0.717, 1.165) is 12.1 Å². The van der Waals surface area contributed by atoms with Gasteiger partial charge in [0.05, 0.1) is 16.2 Å². The quantitative estimate of drug-likeness (QED) is 0.871. The standard InChI is InChI=1S/C13H11BrF3N3O/c1-2-18-12-19-7-10(14)11(20-12)21-9-5-3-4-8(6-9)13(15,16)17/h3-7H,2H2,1H3,(H,18,19,20). The van der Waals surface area contributed by atoms with E-state index < -0.39 is 11.7 Å². The smallest absolute Gasteiger partial charge is 0.416 e. The van der Waals surface area contributed by atoms with Gasteiger partial charge in [0.15, 0.2) is 0 Å². The average Bonchev–Trinajstić information content (AvgIpc) is 2.42. The first-order valence-corrected chi connectivity index (χ1v) is 6.81. The fraction of sp³-hybridized carbons (Fsp3) is 0.231. The van der Waals surface area contributed by atoms with Crippen LogP contribution in [0.3, 0.4) is 0 Å². The summed E-state index contributed by atoms with van der Waals surface area (Å²) in [6.07, 6.45) is -2.95. The topological polar surface area (TPSA) is 47.0 Å². The van der Waals surface area contributed by atoms with Crippen molar-refractivity contribution in [3.8, 4) is 11.6 Å². The van der Waals surface area contributed by atoms with Crippen LogP contribution < -0.4 is 10.1 Å². The van der Waals surface area contributed by atoms with Crippen LogP contribution in [-0.4, -0.2) is 16.5 Å². The molecule has 0 radical (unpaired) electrons. The lowest BCUT2D eigenvalue weighted by atomic mass is 10.2. The highest BCUT2D eigenvalue weighted by atomic mass is 79.9. The fourth-order valence-corrected chi connectivity index (χ4v) is 1.79. The van der Waals surface area contributed by atoms with Gasteiger partial charge in [-0.1, -0.05) is 6.07 Å². The zero-order valence-electron chi connectivity index (χ0n) is 10.9. The van der Waals surface area contributed by atoms with Crippen molar-refractivity contribution in [1.82, 2.24) is 9.97 Å². The summed E-state index contributed by atoms with van der Waals surface area (Å²) in [6, 6.07) is 4.60. The lowest BCUT2D eigenvalue weighted by Gasteiger charge is -2.11. The number of halogens is 4. The van der Waals surface area contributed by atoms with Gasteiger partial charge >= 0.3 is 6.18 Å². The summed E-state index contributed by atoms with van der Waals surface area (Å²) in [5, 5.41) is 2.89. The highest BCUT2D eigenvalue weighted by Crippen LogP contribution is 2.33. The number of rotatable bonds is 4. The molecule has 0 unspecified atom stereocenters. The number of hydrogen-bond donors (Lipinski definition) is 1. The second kappa shape index (κ2) is 6.30. The molecule has 4 nitrogen and oxygen atoms in total. The van der Waals surface area contributed by atoms with Gasteiger partial charge in [0.25, 0.3) is 0 Å². The number of nitrogens with zero attached hydrogens (tertiary/aromatic N) is 2. The number of hydrogen-bond acceptors (Lipinski definition) is 4. The highest BCUT2D eigenvalue weighted by molar-refractivity contribution is 9.10. The predicted molar refractivity (Wildman–Crippen MR) is 75.4 cm³/mol. The van der Waals surface area contributed by atoms with E-state index in [9.17, 15) is 13.2 Å². The number of anilines is 1. The predicted octanol–water partition coefficient (Wildman–Crippen LogP) is 4.48. The van der Waals surface area contributed by atoms with Crippen molar-refractivity contribution in [2.45, 2.75) is 13.1 Å². The Bertz CT molecular complexity index is 634. The molecule has 0 bridgehead atoms. The van der Waals surface area contributed by atoms with Crippen LogP contribution in [-0.2, 0) is 6.18 Å². The molecule has 1 heterocycles. The molecule has 0 spiro atoms. The van der Waals surface area contributed by atoms with Gasteiger partial charge in [-0.05, 0) is 41.1 Å². The summed E-state index contributed by atoms with van der Waals surface area (Å²) >= 11 is 3.20. The molecule has 21 heavy (non-hydrogen) atoms. The Labute approximate surface area is 127 Å². The number of alkyl halides is 3. The van der Waals surface area contributed by atoms with Crippen LogP contribution in [0.15, 0.2) is 34.9 Å². The van der Waals surface area contributed by atoms with E-state index in [2.05, 4.69) is 31.2 Å². The number of nitrogens with one attached hydrogen (secondary N) is 1. The summed E-state index contributed by atoms with van der Waals surface area (Å²) < 4.78 is 43.8. The van der Waals surface area contributed by atoms with Gasteiger partial charge in [-0.3, -0.25) is 0 Å². The number of aromatic nitrogens is 2. The average molecular weight is 362 g/mol. The Kier molecular flexibility index (Phi) is 4.66. The molecule has 2 rings (SSSR count). The molecule has 0 aliphatic heterocycles. The van der Waals surface area contributed by atoms with Crippen LogP contribution in [0.25, 0.3) is 0 Å². The summed E-state index contributed by atoms with van der Waals surface area (Å²) in [6.45, 7) is 2.49. The molecule has 0 amide bonds. The molecule has 0 saturated carbocycles. The van der Waals surface area contributed by atoms with Crippen LogP contribution in [0.5, 0.6) is 11.6 Å². The van der Waals surface area contributed by atoms with Gasteiger partial charge in [0, 0.05) is 6.54 Å². The summed E-state index contributed by atoms with van der Waals surface area (Å²) in [4.78, 5) is 8.07. The zero-order valence-corrected chi connectivity index (χ0v) is 12.5. The van der Waals surface area contributed by atoms with Gasteiger partial charge in [-0.15, -0.1) is 0 Å². The largest absolute Gasteiger partial charge is 0.438 e. The van der Waals surface area contributed by atoms with Crippen molar-refractivity contribution in [1.29, 1.82) is 0 Å². The van der Waals surface area contributed by atoms with Crippen LogP contribution in [0, 0.1) is 0 Å². The molecular weight excluding hydrogens is 351 g/mol. The van der Waals surface area contributed by atoms with E-state index >= 15 is 0 Å². The Morgan fingerprint density at radius 3 is 2.76 bits per heavy atom. The lowest BCUT2D eigenvalue weighted by Crippen LogP contribution is -2.05. The first kappa shape index (κ1) is 15.6. The second-order valence-electron chi connectivity index (χ2n) is 4.00. The van der Waals surface area contributed by atoms with Gasteiger partial charge < -0.3 is 10.1 Å². The Balaban J connectivity index is 2.27. The number of ether oxygens (including phenoxy) is 1. The van der Waals surface area contributed by atoms with E-state index in [-0.39, 0.29) is 11.6 Å². The van der Waals surface area contributed by atoms with Crippen LogP contribution in [0.1, 0.15) is 12.5 Å². The maximum atomic E-state index is 12.7. The van der Waals surface area contributed by atoms with E-state index in [1.54, 1.807) is 0 Å². The maximum Gasteiger partial charge on any atom is 0.416 e. The molecule has 1 N–H and O–H groups in total. The second-order valence-corrected chi connectivity index (χ2v) is 4.86. The molecule has 0 atom stereocenters. The molecule has 0 saturated heterocycles. The molecule has 112 valence electrons. The molecule has 0 fully saturated rings. The minimum atomic E-state index is -4.42. The minimum absolute atomic E-state index is 0.0478. The summed E-state index contributed by atoms with van der Waals surface area (Å²) in [5.41, 5.74) is -0.780. The fourth-order valence-electron chi connectivity index (χ4n) is 1.51. The monoisotopic (exact) mass is 361 g/mol. The van der Waals surface area contributed by atoms with Crippen LogP contribution in [0.4, 0.5) is 19.1 Å². The van der Waals surface area contributed by atoms with Crippen molar-refractivity contribution >= 4 is 21.9 Å². The van der Waals surface area contributed by atoms with Crippen molar-refractivity contribution in [2.75, 3.05) is 11.9 Å². The normalized spacial score (nSPS) is 11.3. The third-order valence-corrected chi connectivity index (χ3v) is 2.97. The van der Waals surface area contributed by atoms with E-state index in [1.807, 2.05) is 6.92 Å². The van der Waals surface area contributed by atoms with Crippen molar-refractivity contribution in [3.63, 3.8) is 0 Å². The van der Waals surface area contributed by atoms with Gasteiger partial charge in [-0.25, -0.2) is 4.98 Å². The Hall–Kier alpha value is -1.83. The minimum Gasteiger partial charge on any atom is -0.438 e. The Morgan fingerprint density at radius 2 is 2.10 bits per heavy atom. The van der Waals surface area contributed by atoms with Gasteiger partial charge in [0.2, 0.25) is 11.8 Å². The zero-order chi connectivity index (χ0) is 15.5. The van der Waals surface area contributed by atoms with Gasteiger partial charge in [-0.2, -0.15) is 18.2 Å². The maximum absolute atomic E-state index is 12.7. The third-order valence-electron chi connectivity index (χ3n) is 2.42. The molecule has 8 heteroatoms. The van der Waals surface area contributed by atoms with Crippen molar-refractivity contribution < 1.29 is 17.9 Å². The molecule has 1 aromatic heterocycles. The first-order chi connectivity index (χ1) is 9.90.